The summed E-state index contributed by atoms with van der Waals surface area (Å²) in [5.74, 6) is 0.00992. The van der Waals surface area contributed by atoms with E-state index in [9.17, 15) is 4.79 Å². The van der Waals surface area contributed by atoms with Crippen molar-refractivity contribution in [3.05, 3.63) is 12.4 Å². The molecule has 1 aromatic rings. The Hall–Kier alpha value is -1.01. The van der Waals surface area contributed by atoms with Crippen molar-refractivity contribution in [1.82, 2.24) is 9.97 Å². The number of thioether (sulfide) groups is 1. The molecule has 0 atom stereocenters. The van der Waals surface area contributed by atoms with Crippen LogP contribution in [-0.4, -0.2) is 41.5 Å². The lowest BCUT2D eigenvalue weighted by molar-refractivity contribution is -0.141. The van der Waals surface area contributed by atoms with Gasteiger partial charge in [0.25, 0.3) is 0 Å². The third kappa shape index (κ3) is 5.44. The highest BCUT2D eigenvalue weighted by Crippen LogP contribution is 2.11. The summed E-state index contributed by atoms with van der Waals surface area (Å²) in [5, 5.41) is 0.719. The van der Waals surface area contributed by atoms with Crippen LogP contribution in [0.2, 0.25) is 0 Å². The van der Waals surface area contributed by atoms with Crippen LogP contribution in [0, 0.1) is 0 Å². The Labute approximate surface area is 92.6 Å². The number of hydrogen-bond donors (Lipinski definition) is 1. The quantitative estimate of drug-likeness (QED) is 0.431. The molecule has 1 rings (SSSR count). The van der Waals surface area contributed by atoms with Gasteiger partial charge in [0, 0.05) is 19.0 Å². The zero-order valence-corrected chi connectivity index (χ0v) is 9.38. The second-order valence-corrected chi connectivity index (χ2v) is 3.56. The fourth-order valence-corrected chi connectivity index (χ4v) is 1.48. The van der Waals surface area contributed by atoms with Gasteiger partial charge < -0.3 is 14.5 Å². The van der Waals surface area contributed by atoms with Crippen molar-refractivity contribution in [3.63, 3.8) is 0 Å². The Balaban J connectivity index is 2.04. The van der Waals surface area contributed by atoms with Gasteiger partial charge >= 0.3 is 5.97 Å². The first kappa shape index (κ1) is 12.1. The standard InChI is InChI=1S/C9H14N2O3S/c1-2-13-5-6-14-8(12)7-15-9-10-3-4-11-9/h3-4H,2,5-7H2,1H3,(H,10,11). The molecule has 0 unspecified atom stereocenters. The first-order valence-electron chi connectivity index (χ1n) is 4.68. The Morgan fingerprint density at radius 3 is 3.13 bits per heavy atom. The average molecular weight is 230 g/mol. The zero-order valence-electron chi connectivity index (χ0n) is 8.56. The van der Waals surface area contributed by atoms with Gasteiger partial charge in [-0.1, -0.05) is 11.8 Å². The van der Waals surface area contributed by atoms with Crippen LogP contribution in [0.15, 0.2) is 17.6 Å². The van der Waals surface area contributed by atoms with Crippen LogP contribution in [-0.2, 0) is 14.3 Å². The average Bonchev–Trinajstić information content (AvgIpc) is 2.74. The van der Waals surface area contributed by atoms with E-state index in [1.54, 1.807) is 12.4 Å². The normalized spacial score (nSPS) is 10.2. The maximum atomic E-state index is 11.2. The van der Waals surface area contributed by atoms with E-state index in [1.165, 1.54) is 11.8 Å². The van der Waals surface area contributed by atoms with Gasteiger partial charge in [-0.2, -0.15) is 0 Å². The SMILES string of the molecule is CCOCCOC(=O)CSc1ncc[nH]1. The predicted molar refractivity (Wildman–Crippen MR) is 56.8 cm³/mol. The number of carbonyl (C=O) groups is 1. The van der Waals surface area contributed by atoms with Crippen LogP contribution in [0.4, 0.5) is 0 Å². The van der Waals surface area contributed by atoms with E-state index in [0.29, 0.717) is 19.8 Å². The fraction of sp³-hybridized carbons (Fsp3) is 0.556. The predicted octanol–water partition coefficient (Wildman–Crippen LogP) is 1.08. The topological polar surface area (TPSA) is 64.2 Å². The van der Waals surface area contributed by atoms with Crippen molar-refractivity contribution >= 4 is 17.7 Å². The van der Waals surface area contributed by atoms with Crippen LogP contribution in [0.25, 0.3) is 0 Å². The summed E-state index contributed by atoms with van der Waals surface area (Å²) in [4.78, 5) is 18.0. The van der Waals surface area contributed by atoms with Gasteiger partial charge in [0.1, 0.15) is 6.61 Å². The Morgan fingerprint density at radius 1 is 1.60 bits per heavy atom. The molecule has 5 nitrogen and oxygen atoms in total. The molecular formula is C9H14N2O3S. The number of aromatic nitrogens is 2. The summed E-state index contributed by atoms with van der Waals surface area (Å²) in [6.07, 6.45) is 3.35. The molecule has 0 bridgehead atoms. The number of nitrogens with zero attached hydrogens (tertiary/aromatic N) is 1. The van der Waals surface area contributed by atoms with E-state index >= 15 is 0 Å². The molecule has 0 saturated carbocycles. The molecule has 0 saturated heterocycles. The minimum Gasteiger partial charge on any atom is -0.463 e. The van der Waals surface area contributed by atoms with Gasteiger partial charge in [-0.3, -0.25) is 4.79 Å². The number of hydrogen-bond acceptors (Lipinski definition) is 5. The van der Waals surface area contributed by atoms with E-state index < -0.39 is 0 Å². The maximum Gasteiger partial charge on any atom is 0.316 e. The van der Waals surface area contributed by atoms with Crippen LogP contribution in [0.3, 0.4) is 0 Å². The van der Waals surface area contributed by atoms with Crippen molar-refractivity contribution in [2.75, 3.05) is 25.6 Å². The van der Waals surface area contributed by atoms with Crippen molar-refractivity contribution < 1.29 is 14.3 Å². The van der Waals surface area contributed by atoms with E-state index in [1.807, 2.05) is 6.92 Å². The number of ether oxygens (including phenoxy) is 2. The van der Waals surface area contributed by atoms with E-state index in [2.05, 4.69) is 9.97 Å². The van der Waals surface area contributed by atoms with E-state index in [4.69, 9.17) is 9.47 Å². The molecule has 84 valence electrons. The third-order valence-electron chi connectivity index (χ3n) is 1.49. The minimum atomic E-state index is -0.254. The van der Waals surface area contributed by atoms with Crippen LogP contribution in [0.1, 0.15) is 6.92 Å². The Bertz CT molecular complexity index is 277. The number of H-pyrrole nitrogens is 1. The van der Waals surface area contributed by atoms with E-state index in [0.717, 1.165) is 5.16 Å². The third-order valence-corrected chi connectivity index (χ3v) is 2.37. The molecule has 0 aliphatic heterocycles. The van der Waals surface area contributed by atoms with Crippen molar-refractivity contribution in [1.29, 1.82) is 0 Å². The van der Waals surface area contributed by atoms with Gasteiger partial charge in [0.05, 0.1) is 12.4 Å². The van der Waals surface area contributed by atoms with Crippen LogP contribution < -0.4 is 0 Å². The van der Waals surface area contributed by atoms with Gasteiger partial charge in [-0.05, 0) is 6.92 Å². The molecule has 1 aromatic heterocycles. The second kappa shape index (κ2) is 7.30. The monoisotopic (exact) mass is 230 g/mol. The molecule has 0 spiro atoms. The van der Waals surface area contributed by atoms with Crippen molar-refractivity contribution in [2.24, 2.45) is 0 Å². The molecule has 0 amide bonds. The van der Waals surface area contributed by atoms with Gasteiger partial charge in [-0.15, -0.1) is 0 Å². The lowest BCUT2D eigenvalue weighted by Gasteiger charge is -2.03. The van der Waals surface area contributed by atoms with Crippen molar-refractivity contribution in [3.8, 4) is 0 Å². The summed E-state index contributed by atoms with van der Waals surface area (Å²) in [5.41, 5.74) is 0. The minimum absolute atomic E-state index is 0.254. The molecule has 0 aliphatic rings. The zero-order chi connectivity index (χ0) is 10.9. The highest BCUT2D eigenvalue weighted by molar-refractivity contribution is 7.99. The molecule has 1 N–H and O–H groups in total. The number of aromatic amines is 1. The molecule has 0 aromatic carbocycles. The number of rotatable bonds is 7. The Morgan fingerprint density at radius 2 is 2.47 bits per heavy atom. The van der Waals surface area contributed by atoms with Crippen LogP contribution >= 0.6 is 11.8 Å². The first-order valence-corrected chi connectivity index (χ1v) is 5.67. The van der Waals surface area contributed by atoms with Gasteiger partial charge in [-0.25, -0.2) is 4.98 Å². The summed E-state index contributed by atoms with van der Waals surface area (Å²) in [7, 11) is 0. The summed E-state index contributed by atoms with van der Waals surface area (Å²) in [6.45, 7) is 3.30. The Kier molecular flexibility index (Phi) is 5.87. The lowest BCUT2D eigenvalue weighted by Crippen LogP contribution is -2.12. The summed E-state index contributed by atoms with van der Waals surface area (Å²) >= 11 is 1.32. The van der Waals surface area contributed by atoms with Crippen LogP contribution in [0.5, 0.6) is 0 Å². The molecule has 1 heterocycles. The number of imidazole rings is 1. The molecule has 15 heavy (non-hydrogen) atoms. The highest BCUT2D eigenvalue weighted by Gasteiger charge is 2.04. The molecule has 0 aliphatic carbocycles. The lowest BCUT2D eigenvalue weighted by atomic mass is 10.7. The smallest absolute Gasteiger partial charge is 0.316 e. The number of esters is 1. The first-order chi connectivity index (χ1) is 7.33. The van der Waals surface area contributed by atoms with Crippen molar-refractivity contribution in [2.45, 2.75) is 12.1 Å². The van der Waals surface area contributed by atoms with Gasteiger partial charge in [0.15, 0.2) is 5.16 Å². The summed E-state index contributed by atoms with van der Waals surface area (Å²) in [6, 6.07) is 0. The molecule has 0 radical (unpaired) electrons. The fourth-order valence-electron chi connectivity index (χ4n) is 0.857. The number of carbonyl (C=O) groups excluding carboxylic acids is 1. The second-order valence-electron chi connectivity index (χ2n) is 2.60. The largest absolute Gasteiger partial charge is 0.463 e. The molecular weight excluding hydrogens is 216 g/mol. The number of nitrogens with one attached hydrogen (secondary N) is 1. The molecule has 0 fully saturated rings. The summed E-state index contributed by atoms with van der Waals surface area (Å²) < 4.78 is 9.95. The highest BCUT2D eigenvalue weighted by atomic mass is 32.2. The maximum absolute atomic E-state index is 11.2. The van der Waals surface area contributed by atoms with E-state index in [-0.39, 0.29) is 11.7 Å². The van der Waals surface area contributed by atoms with Gasteiger partial charge in [0.2, 0.25) is 0 Å². The molecule has 6 heteroatoms.